The van der Waals surface area contributed by atoms with Gasteiger partial charge in [0.25, 0.3) is 5.91 Å². The van der Waals surface area contributed by atoms with Gasteiger partial charge in [0.15, 0.2) is 6.10 Å². The molecule has 3 nitrogen and oxygen atoms in total. The third kappa shape index (κ3) is 4.62. The SMILES string of the molecule is CC[C@@H](Oc1ccc(C)cc1)C(=O)NCc1cccc(C)c1. The lowest BCUT2D eigenvalue weighted by atomic mass is 10.1. The molecule has 22 heavy (non-hydrogen) atoms. The first kappa shape index (κ1) is 16.1. The molecule has 0 saturated carbocycles. The molecular weight excluding hydrogens is 274 g/mol. The topological polar surface area (TPSA) is 38.3 Å². The quantitative estimate of drug-likeness (QED) is 0.881. The first-order valence-corrected chi connectivity index (χ1v) is 7.65. The molecule has 1 atom stereocenters. The molecular formula is C19H23NO2. The number of amides is 1. The van der Waals surface area contributed by atoms with Gasteiger partial charge < -0.3 is 10.1 Å². The van der Waals surface area contributed by atoms with Crippen LogP contribution in [0.15, 0.2) is 48.5 Å². The van der Waals surface area contributed by atoms with E-state index in [0.717, 1.165) is 11.3 Å². The van der Waals surface area contributed by atoms with Crippen LogP contribution in [-0.2, 0) is 11.3 Å². The van der Waals surface area contributed by atoms with Crippen LogP contribution in [0.2, 0.25) is 0 Å². The second-order valence-corrected chi connectivity index (χ2v) is 5.53. The molecule has 0 aromatic heterocycles. The highest BCUT2D eigenvalue weighted by atomic mass is 16.5. The van der Waals surface area contributed by atoms with E-state index in [2.05, 4.69) is 11.4 Å². The van der Waals surface area contributed by atoms with Crippen LogP contribution in [0.4, 0.5) is 0 Å². The van der Waals surface area contributed by atoms with Crippen molar-refractivity contribution in [3.05, 3.63) is 65.2 Å². The summed E-state index contributed by atoms with van der Waals surface area (Å²) in [6.45, 7) is 6.54. The summed E-state index contributed by atoms with van der Waals surface area (Å²) >= 11 is 0. The van der Waals surface area contributed by atoms with Crippen molar-refractivity contribution in [3.8, 4) is 5.75 Å². The molecule has 116 valence electrons. The van der Waals surface area contributed by atoms with Crippen LogP contribution < -0.4 is 10.1 Å². The van der Waals surface area contributed by atoms with Crippen molar-refractivity contribution < 1.29 is 9.53 Å². The van der Waals surface area contributed by atoms with E-state index in [9.17, 15) is 4.79 Å². The summed E-state index contributed by atoms with van der Waals surface area (Å²) in [6.07, 6.45) is 0.167. The van der Waals surface area contributed by atoms with Gasteiger partial charge in [-0.25, -0.2) is 0 Å². The summed E-state index contributed by atoms with van der Waals surface area (Å²) in [5.41, 5.74) is 3.46. The highest BCUT2D eigenvalue weighted by Gasteiger charge is 2.17. The molecule has 0 radical (unpaired) electrons. The maximum Gasteiger partial charge on any atom is 0.261 e. The molecule has 0 bridgehead atoms. The van der Waals surface area contributed by atoms with Gasteiger partial charge in [-0.2, -0.15) is 0 Å². The van der Waals surface area contributed by atoms with Gasteiger partial charge in [-0.15, -0.1) is 0 Å². The Balaban J connectivity index is 1.92. The van der Waals surface area contributed by atoms with Gasteiger partial charge in [0.2, 0.25) is 0 Å². The van der Waals surface area contributed by atoms with Crippen molar-refractivity contribution in [2.45, 2.75) is 39.8 Å². The summed E-state index contributed by atoms with van der Waals surface area (Å²) < 4.78 is 5.78. The van der Waals surface area contributed by atoms with Crippen LogP contribution in [0.1, 0.15) is 30.0 Å². The fourth-order valence-corrected chi connectivity index (χ4v) is 2.23. The molecule has 0 aliphatic rings. The Morgan fingerprint density at radius 3 is 2.45 bits per heavy atom. The summed E-state index contributed by atoms with van der Waals surface area (Å²) in [7, 11) is 0. The Morgan fingerprint density at radius 1 is 1.09 bits per heavy atom. The van der Waals surface area contributed by atoms with Gasteiger partial charge >= 0.3 is 0 Å². The third-order valence-corrected chi connectivity index (χ3v) is 3.51. The molecule has 2 rings (SSSR count). The predicted molar refractivity (Wildman–Crippen MR) is 88.9 cm³/mol. The highest BCUT2D eigenvalue weighted by Crippen LogP contribution is 2.15. The van der Waals surface area contributed by atoms with E-state index in [4.69, 9.17) is 4.74 Å². The molecule has 0 fully saturated rings. The average molecular weight is 297 g/mol. The van der Waals surface area contributed by atoms with Crippen LogP contribution in [-0.4, -0.2) is 12.0 Å². The smallest absolute Gasteiger partial charge is 0.261 e. The maximum atomic E-state index is 12.3. The molecule has 0 saturated heterocycles. The van der Waals surface area contributed by atoms with E-state index >= 15 is 0 Å². The Hall–Kier alpha value is -2.29. The normalized spacial score (nSPS) is 11.8. The average Bonchev–Trinajstić information content (AvgIpc) is 2.52. The molecule has 0 heterocycles. The molecule has 1 N–H and O–H groups in total. The van der Waals surface area contributed by atoms with Gasteiger partial charge in [0.05, 0.1) is 0 Å². The number of benzene rings is 2. The first-order valence-electron chi connectivity index (χ1n) is 7.65. The van der Waals surface area contributed by atoms with Gasteiger partial charge in [-0.05, 0) is 38.0 Å². The lowest BCUT2D eigenvalue weighted by molar-refractivity contribution is -0.128. The zero-order valence-corrected chi connectivity index (χ0v) is 13.4. The Morgan fingerprint density at radius 2 is 1.82 bits per heavy atom. The summed E-state index contributed by atoms with van der Waals surface area (Å²) in [5, 5.41) is 2.94. The number of aryl methyl sites for hydroxylation is 2. The molecule has 1 amide bonds. The molecule has 0 aliphatic carbocycles. The molecule has 2 aromatic rings. The molecule has 3 heteroatoms. The Labute approximate surface area is 132 Å². The molecule has 0 aliphatic heterocycles. The van der Waals surface area contributed by atoms with Crippen LogP contribution in [0, 0.1) is 13.8 Å². The second-order valence-electron chi connectivity index (χ2n) is 5.53. The van der Waals surface area contributed by atoms with Crippen LogP contribution in [0.25, 0.3) is 0 Å². The fraction of sp³-hybridized carbons (Fsp3) is 0.316. The van der Waals surface area contributed by atoms with E-state index in [0.29, 0.717) is 13.0 Å². The van der Waals surface area contributed by atoms with E-state index in [1.165, 1.54) is 11.1 Å². The van der Waals surface area contributed by atoms with Crippen molar-refractivity contribution in [1.29, 1.82) is 0 Å². The van der Waals surface area contributed by atoms with E-state index in [-0.39, 0.29) is 5.91 Å². The first-order chi connectivity index (χ1) is 10.6. The maximum absolute atomic E-state index is 12.3. The molecule has 0 spiro atoms. The minimum absolute atomic E-state index is 0.0791. The van der Waals surface area contributed by atoms with E-state index in [1.807, 2.05) is 63.2 Å². The van der Waals surface area contributed by atoms with Crippen molar-refractivity contribution in [2.75, 3.05) is 0 Å². The van der Waals surface area contributed by atoms with Crippen LogP contribution in [0.5, 0.6) is 5.75 Å². The number of ether oxygens (including phenoxy) is 1. The Bertz CT molecular complexity index is 620. The van der Waals surface area contributed by atoms with Crippen molar-refractivity contribution in [2.24, 2.45) is 0 Å². The summed E-state index contributed by atoms with van der Waals surface area (Å²) in [6, 6.07) is 15.9. The Kier molecular flexibility index (Phi) is 5.59. The van der Waals surface area contributed by atoms with Crippen molar-refractivity contribution in [3.63, 3.8) is 0 Å². The number of rotatable bonds is 6. The monoisotopic (exact) mass is 297 g/mol. The van der Waals surface area contributed by atoms with Gasteiger partial charge in [-0.3, -0.25) is 4.79 Å². The number of hydrogen-bond donors (Lipinski definition) is 1. The minimum Gasteiger partial charge on any atom is -0.481 e. The number of hydrogen-bond acceptors (Lipinski definition) is 2. The van der Waals surface area contributed by atoms with Crippen LogP contribution >= 0.6 is 0 Å². The zero-order valence-electron chi connectivity index (χ0n) is 13.4. The van der Waals surface area contributed by atoms with Crippen molar-refractivity contribution >= 4 is 5.91 Å². The minimum atomic E-state index is -0.465. The number of carbonyl (C=O) groups excluding carboxylic acids is 1. The highest BCUT2D eigenvalue weighted by molar-refractivity contribution is 5.81. The lowest BCUT2D eigenvalue weighted by Crippen LogP contribution is -2.37. The standard InChI is InChI=1S/C19H23NO2/c1-4-18(22-17-10-8-14(2)9-11-17)19(21)20-13-16-7-5-6-15(3)12-16/h5-12,18H,4,13H2,1-3H3,(H,20,21)/t18-/m1/s1. The van der Waals surface area contributed by atoms with Gasteiger partial charge in [0, 0.05) is 6.54 Å². The molecule has 0 unspecified atom stereocenters. The molecule has 2 aromatic carbocycles. The predicted octanol–water partition coefficient (Wildman–Crippen LogP) is 3.78. The summed E-state index contributed by atoms with van der Waals surface area (Å²) in [5.74, 6) is 0.646. The zero-order chi connectivity index (χ0) is 15.9. The van der Waals surface area contributed by atoms with E-state index < -0.39 is 6.10 Å². The van der Waals surface area contributed by atoms with Gasteiger partial charge in [0.1, 0.15) is 5.75 Å². The fourth-order valence-electron chi connectivity index (χ4n) is 2.23. The number of nitrogens with one attached hydrogen (secondary N) is 1. The van der Waals surface area contributed by atoms with Crippen molar-refractivity contribution in [1.82, 2.24) is 5.32 Å². The summed E-state index contributed by atoms with van der Waals surface area (Å²) in [4.78, 5) is 12.3. The largest absolute Gasteiger partial charge is 0.481 e. The van der Waals surface area contributed by atoms with E-state index in [1.54, 1.807) is 0 Å². The number of carbonyl (C=O) groups is 1. The van der Waals surface area contributed by atoms with Gasteiger partial charge in [-0.1, -0.05) is 54.4 Å². The lowest BCUT2D eigenvalue weighted by Gasteiger charge is -2.17. The van der Waals surface area contributed by atoms with Crippen LogP contribution in [0.3, 0.4) is 0 Å². The third-order valence-electron chi connectivity index (χ3n) is 3.51. The second kappa shape index (κ2) is 7.64.